The quantitative estimate of drug-likeness (QED) is 0.215. The highest BCUT2D eigenvalue weighted by Crippen LogP contribution is 2.36. The molecule has 0 radical (unpaired) electrons. The molecule has 8 nitrogen and oxygen atoms in total. The molecule has 0 amide bonds. The molecule has 1 saturated heterocycles. The maximum Gasteiger partial charge on any atom is 0.172 e. The molecular weight excluding hydrogens is 564 g/mol. The fourth-order valence-corrected chi connectivity index (χ4v) is 6.23. The zero-order valence-corrected chi connectivity index (χ0v) is 25.2. The highest BCUT2D eigenvalue weighted by Gasteiger charge is 2.16. The number of halogens is 1. The number of imidazole rings is 1. The number of aromatic nitrogens is 4. The third-order valence-electron chi connectivity index (χ3n) is 7.62. The lowest BCUT2D eigenvalue weighted by atomic mass is 10.0. The smallest absolute Gasteiger partial charge is 0.172 e. The van der Waals surface area contributed by atoms with Crippen molar-refractivity contribution in [1.82, 2.24) is 29.3 Å². The van der Waals surface area contributed by atoms with Gasteiger partial charge in [0.05, 0.1) is 27.5 Å². The summed E-state index contributed by atoms with van der Waals surface area (Å²) in [5, 5.41) is 15.6. The molecule has 0 saturated carbocycles. The van der Waals surface area contributed by atoms with E-state index < -0.39 is 0 Å². The number of nitrogens with zero attached hydrogens (tertiary/aromatic N) is 7. The summed E-state index contributed by atoms with van der Waals surface area (Å²) in [5.41, 5.74) is 5.88. The Morgan fingerprint density at radius 2 is 1.76 bits per heavy atom. The molecule has 0 spiro atoms. The second kappa shape index (κ2) is 12.5. The number of pyridine rings is 2. The predicted octanol–water partition coefficient (Wildman–Crippen LogP) is 6.59. The Balaban J connectivity index is 1.21. The number of anilines is 2. The van der Waals surface area contributed by atoms with E-state index in [1.807, 2.05) is 54.3 Å². The van der Waals surface area contributed by atoms with Gasteiger partial charge in [0.15, 0.2) is 5.16 Å². The van der Waals surface area contributed by atoms with E-state index in [-0.39, 0.29) is 0 Å². The molecule has 3 aromatic heterocycles. The molecule has 10 heteroatoms. The van der Waals surface area contributed by atoms with Gasteiger partial charge in [-0.25, -0.2) is 4.98 Å². The number of piperazine rings is 1. The number of benzene rings is 2. The van der Waals surface area contributed by atoms with Crippen molar-refractivity contribution in [3.63, 3.8) is 0 Å². The Labute approximate surface area is 255 Å². The molecule has 1 aliphatic rings. The Kier molecular flexibility index (Phi) is 8.40. The minimum Gasteiger partial charge on any atom is -0.354 e. The third-order valence-corrected chi connectivity index (χ3v) is 9.20. The molecule has 1 fully saturated rings. The van der Waals surface area contributed by atoms with Gasteiger partial charge in [-0.2, -0.15) is 5.26 Å². The molecule has 6 rings (SSSR count). The van der Waals surface area contributed by atoms with Gasteiger partial charge < -0.3 is 14.8 Å². The van der Waals surface area contributed by atoms with Gasteiger partial charge in [0, 0.05) is 86.1 Å². The van der Waals surface area contributed by atoms with Crippen molar-refractivity contribution in [3.05, 3.63) is 89.6 Å². The Bertz CT molecular complexity index is 1750. The van der Waals surface area contributed by atoms with Gasteiger partial charge in [-0.1, -0.05) is 48.5 Å². The Morgan fingerprint density at radius 3 is 2.45 bits per heavy atom. The van der Waals surface area contributed by atoms with Crippen LogP contribution in [-0.2, 0) is 13.6 Å². The maximum absolute atomic E-state index is 9.84. The van der Waals surface area contributed by atoms with Crippen molar-refractivity contribution in [2.75, 3.05) is 38.0 Å². The third kappa shape index (κ3) is 6.13. The summed E-state index contributed by atoms with van der Waals surface area (Å²) in [4.78, 5) is 19.6. The van der Waals surface area contributed by atoms with Gasteiger partial charge in [0.25, 0.3) is 0 Å². The van der Waals surface area contributed by atoms with Crippen LogP contribution in [0.5, 0.6) is 0 Å². The SMILES string of the molecule is CCN1CCN(Cc2ccc(-c3ccc4c(Nc5ccc(Sc6nccn6C)c(Cl)c5)c(C#N)cnc4c3)cn2)CC1. The number of hydrogen-bond donors (Lipinski definition) is 1. The second-order valence-corrected chi connectivity index (χ2v) is 11.7. The molecule has 0 bridgehead atoms. The molecule has 42 heavy (non-hydrogen) atoms. The molecule has 1 aliphatic heterocycles. The lowest BCUT2D eigenvalue weighted by molar-refractivity contribution is 0.131. The monoisotopic (exact) mass is 594 g/mol. The van der Waals surface area contributed by atoms with E-state index in [0.29, 0.717) is 16.3 Å². The number of fused-ring (bicyclic) bond motifs is 1. The van der Waals surface area contributed by atoms with Crippen molar-refractivity contribution in [1.29, 1.82) is 5.26 Å². The van der Waals surface area contributed by atoms with Crippen LogP contribution in [0.25, 0.3) is 22.0 Å². The summed E-state index contributed by atoms with van der Waals surface area (Å²) in [6, 6.07) is 18.4. The molecule has 0 aliphatic carbocycles. The van der Waals surface area contributed by atoms with Gasteiger partial charge in [-0.3, -0.25) is 14.9 Å². The molecule has 5 aromatic rings. The van der Waals surface area contributed by atoms with Crippen molar-refractivity contribution < 1.29 is 0 Å². The zero-order chi connectivity index (χ0) is 29.1. The van der Waals surface area contributed by atoms with Crippen LogP contribution in [0.1, 0.15) is 18.2 Å². The molecule has 212 valence electrons. The van der Waals surface area contributed by atoms with Gasteiger partial charge >= 0.3 is 0 Å². The van der Waals surface area contributed by atoms with Gasteiger partial charge in [0.2, 0.25) is 0 Å². The fourth-order valence-electron chi connectivity index (χ4n) is 5.13. The van der Waals surface area contributed by atoms with Gasteiger partial charge in [-0.15, -0.1) is 0 Å². The summed E-state index contributed by atoms with van der Waals surface area (Å²) in [6.45, 7) is 8.60. The molecule has 0 unspecified atom stereocenters. The van der Waals surface area contributed by atoms with E-state index in [4.69, 9.17) is 16.6 Å². The number of likely N-dealkylation sites (N-methyl/N-ethyl adjacent to an activating group) is 1. The summed E-state index contributed by atoms with van der Waals surface area (Å²) >= 11 is 8.14. The van der Waals surface area contributed by atoms with E-state index >= 15 is 0 Å². The van der Waals surface area contributed by atoms with E-state index in [0.717, 1.165) is 82.7 Å². The van der Waals surface area contributed by atoms with E-state index in [1.54, 1.807) is 12.4 Å². The molecule has 4 heterocycles. The van der Waals surface area contributed by atoms with Gasteiger partial charge in [0.1, 0.15) is 6.07 Å². The van der Waals surface area contributed by atoms with Crippen molar-refractivity contribution in [2.45, 2.75) is 23.5 Å². The molecule has 0 atom stereocenters. The second-order valence-electron chi connectivity index (χ2n) is 10.3. The van der Waals surface area contributed by atoms with E-state index in [9.17, 15) is 5.26 Å². The minimum absolute atomic E-state index is 0.462. The van der Waals surface area contributed by atoms with Crippen LogP contribution in [0.4, 0.5) is 11.4 Å². The highest BCUT2D eigenvalue weighted by molar-refractivity contribution is 7.99. The summed E-state index contributed by atoms with van der Waals surface area (Å²) in [6.07, 6.45) is 7.21. The van der Waals surface area contributed by atoms with Crippen molar-refractivity contribution in [3.8, 4) is 17.2 Å². The Morgan fingerprint density at radius 1 is 0.952 bits per heavy atom. The first kappa shape index (κ1) is 28.2. The maximum atomic E-state index is 9.84. The topological polar surface area (TPSA) is 85.9 Å². The first-order valence-corrected chi connectivity index (χ1v) is 15.1. The standard InChI is InChI=1S/C32H31ClN8S/c1-3-40-12-14-41(15-13-40)21-26-6-4-23(19-36-26)22-5-8-27-29(16-22)37-20-24(18-34)31(27)38-25-7-9-30(28(33)17-25)42-32-35-10-11-39(32)2/h4-11,16-17,19-20H,3,12-15,21H2,1-2H3,(H,37,38). The highest BCUT2D eigenvalue weighted by atomic mass is 35.5. The van der Waals surface area contributed by atoms with Gasteiger partial charge in [-0.05, 0) is 42.4 Å². The normalized spacial score (nSPS) is 14.2. The van der Waals surface area contributed by atoms with Crippen LogP contribution in [0.2, 0.25) is 5.02 Å². The number of rotatable bonds is 8. The number of aryl methyl sites for hydroxylation is 1. The first-order chi connectivity index (χ1) is 20.5. The number of nitriles is 1. The molecular formula is C32H31ClN8S. The van der Waals surface area contributed by atoms with Crippen LogP contribution in [-0.4, -0.2) is 62.0 Å². The summed E-state index contributed by atoms with van der Waals surface area (Å²) < 4.78 is 1.95. The van der Waals surface area contributed by atoms with Crippen LogP contribution < -0.4 is 5.32 Å². The number of hydrogen-bond acceptors (Lipinski definition) is 8. The predicted molar refractivity (Wildman–Crippen MR) is 169 cm³/mol. The van der Waals surface area contributed by atoms with Crippen LogP contribution in [0.3, 0.4) is 0 Å². The lowest BCUT2D eigenvalue weighted by Gasteiger charge is -2.33. The number of nitrogens with one attached hydrogen (secondary N) is 1. The Hall–Kier alpha value is -3.94. The van der Waals surface area contributed by atoms with Crippen LogP contribution in [0, 0.1) is 11.3 Å². The largest absolute Gasteiger partial charge is 0.354 e. The molecule has 2 aromatic carbocycles. The molecule has 1 N–H and O–H groups in total. The zero-order valence-electron chi connectivity index (χ0n) is 23.6. The average molecular weight is 595 g/mol. The first-order valence-electron chi connectivity index (χ1n) is 14.0. The van der Waals surface area contributed by atoms with Crippen LogP contribution in [0.15, 0.2) is 83.4 Å². The summed E-state index contributed by atoms with van der Waals surface area (Å²) in [7, 11) is 1.95. The summed E-state index contributed by atoms with van der Waals surface area (Å²) in [5.74, 6) is 0. The van der Waals surface area contributed by atoms with E-state index in [1.165, 1.54) is 11.8 Å². The van der Waals surface area contributed by atoms with Crippen molar-refractivity contribution >= 4 is 45.6 Å². The van der Waals surface area contributed by atoms with Crippen LogP contribution >= 0.6 is 23.4 Å². The fraction of sp³-hybridized carbons (Fsp3) is 0.250. The average Bonchev–Trinajstić information content (AvgIpc) is 3.43. The van der Waals surface area contributed by atoms with E-state index in [2.05, 4.69) is 56.3 Å². The minimum atomic E-state index is 0.462. The van der Waals surface area contributed by atoms with Crippen molar-refractivity contribution in [2.24, 2.45) is 7.05 Å². The lowest BCUT2D eigenvalue weighted by Crippen LogP contribution is -2.45.